The highest BCUT2D eigenvalue weighted by molar-refractivity contribution is 9.10. The Labute approximate surface area is 82.5 Å². The molecule has 0 aromatic heterocycles. The van der Waals surface area contributed by atoms with Crippen LogP contribution in [0.25, 0.3) is 0 Å². The van der Waals surface area contributed by atoms with Crippen molar-refractivity contribution in [2.45, 2.75) is 12.5 Å². The summed E-state index contributed by atoms with van der Waals surface area (Å²) in [5, 5.41) is 9.22. The molecule has 1 aromatic carbocycles. The number of benzene rings is 1. The van der Waals surface area contributed by atoms with Gasteiger partial charge in [0, 0.05) is 10.0 Å². The number of phenols is 1. The summed E-state index contributed by atoms with van der Waals surface area (Å²) in [4.78, 5) is 0. The molecule has 0 saturated heterocycles. The number of phenolic OH excluding ortho intramolecular Hbond substituents is 1. The molecule has 0 fully saturated rings. The molecule has 0 amide bonds. The monoisotopic (exact) mass is 251 g/mol. The fourth-order valence-corrected chi connectivity index (χ4v) is 1.31. The molecule has 0 aliphatic heterocycles. The molecule has 0 heterocycles. The minimum absolute atomic E-state index is 0.0457. The van der Waals surface area contributed by atoms with Crippen molar-refractivity contribution in [1.29, 1.82) is 0 Å². The van der Waals surface area contributed by atoms with Gasteiger partial charge in [0.1, 0.15) is 5.75 Å². The Morgan fingerprint density at radius 1 is 1.38 bits per heavy atom. The van der Waals surface area contributed by atoms with Crippen LogP contribution in [0, 0.1) is 0 Å². The van der Waals surface area contributed by atoms with Gasteiger partial charge in [0.2, 0.25) is 0 Å². The molecule has 1 unspecified atom stereocenters. The van der Waals surface area contributed by atoms with Crippen LogP contribution in [-0.4, -0.2) is 11.5 Å². The molecule has 13 heavy (non-hydrogen) atoms. The Kier molecular flexibility index (Phi) is 3.22. The Morgan fingerprint density at radius 3 is 2.54 bits per heavy atom. The summed E-state index contributed by atoms with van der Waals surface area (Å²) in [6.45, 7) is 0. The number of halogens is 3. The third-order valence-corrected chi connectivity index (χ3v) is 2.11. The van der Waals surface area contributed by atoms with Gasteiger partial charge in [-0.15, -0.1) is 0 Å². The van der Waals surface area contributed by atoms with E-state index in [9.17, 15) is 13.9 Å². The third kappa shape index (κ3) is 2.38. The van der Waals surface area contributed by atoms with Crippen molar-refractivity contribution in [3.05, 3.63) is 28.2 Å². The summed E-state index contributed by atoms with van der Waals surface area (Å²) in [5.41, 5.74) is 5.22. The van der Waals surface area contributed by atoms with Crippen molar-refractivity contribution >= 4 is 15.9 Å². The highest BCUT2D eigenvalue weighted by atomic mass is 79.9. The molecule has 1 rings (SSSR count). The minimum Gasteiger partial charge on any atom is -0.508 e. The van der Waals surface area contributed by atoms with Gasteiger partial charge in [-0.05, 0) is 18.2 Å². The van der Waals surface area contributed by atoms with Crippen molar-refractivity contribution in [3.8, 4) is 5.75 Å². The summed E-state index contributed by atoms with van der Waals surface area (Å²) in [7, 11) is 0. The van der Waals surface area contributed by atoms with E-state index in [0.717, 1.165) is 0 Å². The van der Waals surface area contributed by atoms with Crippen molar-refractivity contribution < 1.29 is 13.9 Å². The van der Waals surface area contributed by atoms with Gasteiger partial charge >= 0.3 is 0 Å². The largest absolute Gasteiger partial charge is 0.508 e. The lowest BCUT2D eigenvalue weighted by Crippen LogP contribution is -2.18. The van der Waals surface area contributed by atoms with Crippen LogP contribution in [0.5, 0.6) is 5.75 Å². The first-order valence-corrected chi connectivity index (χ1v) is 4.34. The first kappa shape index (κ1) is 10.4. The molecule has 1 aromatic rings. The lowest BCUT2D eigenvalue weighted by Gasteiger charge is -2.12. The number of hydrogen-bond donors (Lipinski definition) is 2. The highest BCUT2D eigenvalue weighted by Crippen LogP contribution is 2.29. The number of aromatic hydroxyl groups is 1. The summed E-state index contributed by atoms with van der Waals surface area (Å²) in [5.74, 6) is -0.212. The van der Waals surface area contributed by atoms with Gasteiger partial charge in [-0.2, -0.15) is 0 Å². The average molecular weight is 252 g/mol. The van der Waals surface area contributed by atoms with Crippen molar-refractivity contribution in [1.82, 2.24) is 0 Å². The Bertz CT molecular complexity index is 306. The van der Waals surface area contributed by atoms with E-state index < -0.39 is 12.5 Å². The van der Waals surface area contributed by atoms with Crippen LogP contribution in [0.3, 0.4) is 0 Å². The quantitative estimate of drug-likeness (QED) is 0.848. The van der Waals surface area contributed by atoms with E-state index in [2.05, 4.69) is 15.9 Å². The zero-order valence-corrected chi connectivity index (χ0v) is 8.13. The van der Waals surface area contributed by atoms with Gasteiger partial charge in [0.15, 0.2) is 0 Å². The normalized spacial score (nSPS) is 13.3. The van der Waals surface area contributed by atoms with E-state index in [1.807, 2.05) is 0 Å². The maximum Gasteiger partial charge on any atom is 0.257 e. The average Bonchev–Trinajstić information content (AvgIpc) is 2.08. The predicted octanol–water partition coefficient (Wildman–Crippen LogP) is 2.42. The zero-order valence-electron chi connectivity index (χ0n) is 6.55. The van der Waals surface area contributed by atoms with E-state index >= 15 is 0 Å². The summed E-state index contributed by atoms with van der Waals surface area (Å²) < 4.78 is 25.0. The fraction of sp³-hybridized carbons (Fsp3) is 0.250. The van der Waals surface area contributed by atoms with Gasteiger partial charge in [-0.3, -0.25) is 0 Å². The summed E-state index contributed by atoms with van der Waals surface area (Å²) in [6.07, 6.45) is -2.68. The lowest BCUT2D eigenvalue weighted by atomic mass is 10.1. The lowest BCUT2D eigenvalue weighted by molar-refractivity contribution is 0.115. The fourth-order valence-electron chi connectivity index (χ4n) is 0.928. The zero-order chi connectivity index (χ0) is 10.0. The number of rotatable bonds is 2. The van der Waals surface area contributed by atoms with Crippen LogP contribution in [0.15, 0.2) is 22.7 Å². The SMILES string of the molecule is NC(c1cc(Br)ccc1O)C(F)F. The molecule has 3 N–H and O–H groups in total. The number of hydrogen-bond acceptors (Lipinski definition) is 2. The summed E-state index contributed by atoms with van der Waals surface area (Å²) in [6, 6.07) is 2.81. The molecular weight excluding hydrogens is 244 g/mol. The molecule has 0 aliphatic rings. The molecular formula is C8H8BrF2NO. The summed E-state index contributed by atoms with van der Waals surface area (Å²) >= 11 is 3.10. The number of nitrogens with two attached hydrogens (primary N) is 1. The van der Waals surface area contributed by atoms with Crippen molar-refractivity contribution in [2.24, 2.45) is 5.73 Å². The second kappa shape index (κ2) is 4.02. The maximum atomic E-state index is 12.2. The van der Waals surface area contributed by atoms with Gasteiger partial charge < -0.3 is 10.8 Å². The minimum atomic E-state index is -2.68. The predicted molar refractivity (Wildman–Crippen MR) is 48.7 cm³/mol. The smallest absolute Gasteiger partial charge is 0.257 e. The first-order chi connectivity index (χ1) is 6.02. The molecule has 5 heteroatoms. The van der Waals surface area contributed by atoms with E-state index in [4.69, 9.17) is 5.73 Å². The van der Waals surface area contributed by atoms with Gasteiger partial charge in [0.25, 0.3) is 6.43 Å². The maximum absolute atomic E-state index is 12.2. The van der Waals surface area contributed by atoms with Gasteiger partial charge in [-0.1, -0.05) is 15.9 Å². The Hall–Kier alpha value is -0.680. The topological polar surface area (TPSA) is 46.2 Å². The highest BCUT2D eigenvalue weighted by Gasteiger charge is 2.20. The van der Waals surface area contributed by atoms with Crippen LogP contribution >= 0.6 is 15.9 Å². The Balaban J connectivity index is 3.05. The van der Waals surface area contributed by atoms with E-state index in [1.165, 1.54) is 12.1 Å². The first-order valence-electron chi connectivity index (χ1n) is 3.54. The van der Waals surface area contributed by atoms with Crippen molar-refractivity contribution in [3.63, 3.8) is 0 Å². The number of alkyl halides is 2. The molecule has 0 bridgehead atoms. The molecule has 2 nitrogen and oxygen atoms in total. The molecule has 0 aliphatic carbocycles. The molecule has 0 radical (unpaired) electrons. The molecule has 72 valence electrons. The molecule has 0 saturated carbocycles. The second-order valence-electron chi connectivity index (χ2n) is 2.56. The van der Waals surface area contributed by atoms with Crippen LogP contribution in [-0.2, 0) is 0 Å². The Morgan fingerprint density at radius 2 is 2.00 bits per heavy atom. The van der Waals surface area contributed by atoms with Crippen molar-refractivity contribution in [2.75, 3.05) is 0 Å². The molecule has 0 spiro atoms. The van der Waals surface area contributed by atoms with Crippen LogP contribution in [0.1, 0.15) is 11.6 Å². The standard InChI is InChI=1S/C8H8BrF2NO/c9-4-1-2-6(13)5(3-4)7(12)8(10)11/h1-3,7-8,13H,12H2. The van der Waals surface area contributed by atoms with Crippen LogP contribution in [0.2, 0.25) is 0 Å². The van der Waals surface area contributed by atoms with Gasteiger partial charge in [-0.25, -0.2) is 8.78 Å². The van der Waals surface area contributed by atoms with Gasteiger partial charge in [0.05, 0.1) is 6.04 Å². The molecule has 1 atom stereocenters. The van der Waals surface area contributed by atoms with E-state index in [0.29, 0.717) is 4.47 Å². The second-order valence-corrected chi connectivity index (χ2v) is 3.48. The van der Waals surface area contributed by atoms with Crippen LogP contribution < -0.4 is 5.73 Å². The van der Waals surface area contributed by atoms with Crippen LogP contribution in [0.4, 0.5) is 8.78 Å². The van der Waals surface area contributed by atoms with E-state index in [1.54, 1.807) is 6.07 Å². The third-order valence-electron chi connectivity index (χ3n) is 1.62. The van der Waals surface area contributed by atoms with E-state index in [-0.39, 0.29) is 11.3 Å².